The molecule has 0 aliphatic carbocycles. The van der Waals surface area contributed by atoms with Crippen molar-refractivity contribution < 1.29 is 47.8 Å². The summed E-state index contributed by atoms with van der Waals surface area (Å²) in [7, 11) is -4.76. The molecule has 0 spiro atoms. The molecule has 0 rings (SSSR count). The molecule has 0 saturated heterocycles. The van der Waals surface area contributed by atoms with Crippen molar-refractivity contribution in [3.05, 3.63) is 36.5 Å². The van der Waals surface area contributed by atoms with Gasteiger partial charge in [0.05, 0.1) is 13.2 Å². The van der Waals surface area contributed by atoms with Crippen LogP contribution in [0.1, 0.15) is 232 Å². The Balaban J connectivity index is 3.81. The zero-order valence-corrected chi connectivity index (χ0v) is 40.3. The first kappa shape index (κ1) is 59.7. The Labute approximate surface area is 378 Å². The van der Waals surface area contributed by atoms with Gasteiger partial charge in [-0.2, -0.15) is 0 Å². The first-order valence-electron chi connectivity index (χ1n) is 25.0. The molecule has 0 aliphatic heterocycles. The third-order valence-corrected chi connectivity index (χ3v) is 11.9. The summed E-state index contributed by atoms with van der Waals surface area (Å²) in [5.74, 6) is -2.39. The number of carboxylic acids is 1. The summed E-state index contributed by atoms with van der Waals surface area (Å²) in [6.07, 6.45) is 50.3. The highest BCUT2D eigenvalue weighted by Gasteiger charge is 2.28. The maximum absolute atomic E-state index is 12.3. The minimum absolute atomic E-state index is 0.130. The van der Waals surface area contributed by atoms with E-state index in [1.54, 1.807) is 0 Å². The quantitative estimate of drug-likeness (QED) is 0.0200. The van der Waals surface area contributed by atoms with Gasteiger partial charge in [0, 0.05) is 12.8 Å². The van der Waals surface area contributed by atoms with E-state index in [1.165, 1.54) is 128 Å². The number of nitrogens with one attached hydrogen (secondary N) is 1. The van der Waals surface area contributed by atoms with Gasteiger partial charge >= 0.3 is 19.8 Å². The van der Waals surface area contributed by atoms with E-state index in [4.69, 9.17) is 13.8 Å². The lowest BCUT2D eigenvalue weighted by Gasteiger charge is -2.18. The number of unbranched alkanes of at least 4 members (excludes halogenated alkanes) is 27. The molecule has 62 heavy (non-hydrogen) atoms. The number of esters is 1. The van der Waals surface area contributed by atoms with Crippen LogP contribution in [0.4, 0.5) is 0 Å². The maximum Gasteiger partial charge on any atom is 0.472 e. The smallest absolute Gasteiger partial charge is 0.472 e. The third kappa shape index (κ3) is 44.3. The van der Waals surface area contributed by atoms with E-state index < -0.39 is 57.6 Å². The van der Waals surface area contributed by atoms with Gasteiger partial charge in [-0.3, -0.25) is 18.6 Å². The molecule has 12 heteroatoms. The van der Waals surface area contributed by atoms with Crippen molar-refractivity contribution in [2.45, 2.75) is 244 Å². The van der Waals surface area contributed by atoms with Crippen LogP contribution in [0.15, 0.2) is 36.5 Å². The van der Waals surface area contributed by atoms with Crippen molar-refractivity contribution in [1.82, 2.24) is 5.32 Å². The maximum atomic E-state index is 12.3. The number of aliphatic hydroxyl groups is 1. The van der Waals surface area contributed by atoms with Gasteiger partial charge in [-0.1, -0.05) is 185 Å². The molecule has 3 atom stereocenters. The number of aliphatic hydroxyl groups excluding tert-OH is 1. The predicted molar refractivity (Wildman–Crippen MR) is 254 cm³/mol. The van der Waals surface area contributed by atoms with Gasteiger partial charge in [-0.25, -0.2) is 9.36 Å². The number of rotatable bonds is 47. The predicted octanol–water partition coefficient (Wildman–Crippen LogP) is 13.6. The van der Waals surface area contributed by atoms with Crippen LogP contribution in [0.5, 0.6) is 0 Å². The van der Waals surface area contributed by atoms with E-state index in [0.717, 1.165) is 64.2 Å². The zero-order valence-electron chi connectivity index (χ0n) is 39.4. The second-order valence-electron chi connectivity index (χ2n) is 17.0. The summed E-state index contributed by atoms with van der Waals surface area (Å²) >= 11 is 0. The number of phosphoric ester groups is 1. The van der Waals surface area contributed by atoms with Crippen LogP contribution in [0.3, 0.4) is 0 Å². The number of ether oxygens (including phenoxy) is 1. The lowest BCUT2D eigenvalue weighted by Crippen LogP contribution is -2.43. The average molecular weight is 898 g/mol. The second-order valence-corrected chi connectivity index (χ2v) is 18.5. The van der Waals surface area contributed by atoms with Gasteiger partial charge in [0.2, 0.25) is 5.91 Å². The number of aliphatic carboxylic acids is 1. The van der Waals surface area contributed by atoms with Gasteiger partial charge in [0.15, 0.2) is 6.04 Å². The monoisotopic (exact) mass is 898 g/mol. The zero-order chi connectivity index (χ0) is 45.6. The van der Waals surface area contributed by atoms with Crippen molar-refractivity contribution in [3.8, 4) is 0 Å². The molecule has 0 aromatic rings. The second kappa shape index (κ2) is 45.3. The van der Waals surface area contributed by atoms with Crippen LogP contribution in [0.25, 0.3) is 0 Å². The fourth-order valence-electron chi connectivity index (χ4n) is 6.99. The first-order chi connectivity index (χ1) is 30.1. The topological polar surface area (TPSA) is 169 Å². The molecule has 0 fully saturated rings. The van der Waals surface area contributed by atoms with Gasteiger partial charge < -0.3 is 25.2 Å². The van der Waals surface area contributed by atoms with Crippen LogP contribution in [0, 0.1) is 0 Å². The van der Waals surface area contributed by atoms with Crippen molar-refractivity contribution >= 4 is 25.7 Å². The number of allylic oxidation sites excluding steroid dienone is 6. The molecule has 1 amide bonds. The molecule has 0 aromatic heterocycles. The molecule has 0 aliphatic rings. The molecule has 4 N–H and O–H groups in total. The van der Waals surface area contributed by atoms with Crippen LogP contribution in [-0.4, -0.2) is 64.9 Å². The Morgan fingerprint density at radius 3 is 1.35 bits per heavy atom. The normalized spacial score (nSPS) is 13.9. The molecule has 0 heterocycles. The molecule has 11 nitrogen and oxygen atoms in total. The van der Waals surface area contributed by atoms with Crippen LogP contribution in [0.2, 0.25) is 0 Å². The molecular formula is C50H92NO10P. The van der Waals surface area contributed by atoms with Crippen LogP contribution >= 0.6 is 7.82 Å². The van der Waals surface area contributed by atoms with Crippen molar-refractivity contribution in [3.63, 3.8) is 0 Å². The van der Waals surface area contributed by atoms with Crippen LogP contribution < -0.4 is 5.32 Å². The molecular weight excluding hydrogens is 806 g/mol. The SMILES string of the molecule is CCCCC/C=C\C/C=C\CCCCCCCC(=O)NC(COP(=O)(O)OCC(O)COC(=O)CCCCCCCCCCCCCCC/C=C/CCCCCCCC)C(=O)O. The largest absolute Gasteiger partial charge is 0.480 e. The van der Waals surface area contributed by atoms with E-state index in [2.05, 4.69) is 55.6 Å². The Kier molecular flexibility index (Phi) is 43.6. The summed E-state index contributed by atoms with van der Waals surface area (Å²) in [4.78, 5) is 46.0. The summed E-state index contributed by atoms with van der Waals surface area (Å²) in [6, 6.07) is -1.55. The first-order valence-corrected chi connectivity index (χ1v) is 26.5. The summed E-state index contributed by atoms with van der Waals surface area (Å²) in [5, 5.41) is 21.9. The molecule has 0 radical (unpaired) electrons. The number of carboxylic acid groups (broad SMARTS) is 1. The van der Waals surface area contributed by atoms with E-state index >= 15 is 0 Å². The Morgan fingerprint density at radius 1 is 0.516 bits per heavy atom. The summed E-state index contributed by atoms with van der Waals surface area (Å²) in [6.45, 7) is 2.58. The van der Waals surface area contributed by atoms with Gasteiger partial charge in [-0.15, -0.1) is 0 Å². The van der Waals surface area contributed by atoms with Gasteiger partial charge in [-0.05, 0) is 70.6 Å². The molecule has 3 unspecified atom stereocenters. The fourth-order valence-corrected chi connectivity index (χ4v) is 7.76. The van der Waals surface area contributed by atoms with E-state index in [1.807, 2.05) is 0 Å². The molecule has 0 aromatic carbocycles. The van der Waals surface area contributed by atoms with E-state index in [9.17, 15) is 34.1 Å². The average Bonchev–Trinajstić information content (AvgIpc) is 3.25. The third-order valence-electron chi connectivity index (χ3n) is 10.9. The van der Waals surface area contributed by atoms with E-state index in [-0.39, 0.29) is 12.8 Å². The number of phosphoric acid groups is 1. The highest BCUT2D eigenvalue weighted by molar-refractivity contribution is 7.47. The summed E-state index contributed by atoms with van der Waals surface area (Å²) < 4.78 is 26.9. The van der Waals surface area contributed by atoms with E-state index in [0.29, 0.717) is 12.8 Å². The Morgan fingerprint density at radius 2 is 0.887 bits per heavy atom. The minimum atomic E-state index is -4.76. The Hall–Kier alpha value is -2.30. The number of carbonyl (C=O) groups excluding carboxylic acids is 2. The van der Waals surface area contributed by atoms with Crippen LogP contribution in [-0.2, 0) is 32.7 Å². The van der Waals surface area contributed by atoms with Gasteiger partial charge in [0.1, 0.15) is 12.7 Å². The Bertz CT molecular complexity index is 1190. The molecule has 0 bridgehead atoms. The molecule has 0 saturated carbocycles. The highest BCUT2D eigenvalue weighted by atomic mass is 31.2. The van der Waals surface area contributed by atoms with Gasteiger partial charge in [0.25, 0.3) is 0 Å². The summed E-state index contributed by atoms with van der Waals surface area (Å²) in [5.41, 5.74) is 0. The lowest BCUT2D eigenvalue weighted by atomic mass is 10.0. The minimum Gasteiger partial charge on any atom is -0.480 e. The standard InChI is InChI=1S/C50H92NO10P/c1-3-5-7-9-11-13-15-17-19-20-21-22-23-24-25-26-28-30-32-34-36-38-40-42-49(54)59-43-46(52)44-60-62(57,58)61-45-47(50(55)56)51-48(53)41-39-37-35-33-31-29-27-18-16-14-12-10-8-6-4-2/h12,14,17-19,27,46-47,52H,3-11,13,15-16,20-26,28-45H2,1-2H3,(H,51,53)(H,55,56)(H,57,58)/b14-12-,19-17+,27-18-. The van der Waals surface area contributed by atoms with Crippen molar-refractivity contribution in [2.75, 3.05) is 19.8 Å². The number of amides is 1. The van der Waals surface area contributed by atoms with Crippen molar-refractivity contribution in [2.24, 2.45) is 0 Å². The number of hydrogen-bond donors (Lipinski definition) is 4. The number of hydrogen-bond acceptors (Lipinski definition) is 8. The highest BCUT2D eigenvalue weighted by Crippen LogP contribution is 2.43. The fraction of sp³-hybridized carbons (Fsp3) is 0.820. The van der Waals surface area contributed by atoms with Crippen molar-refractivity contribution in [1.29, 1.82) is 0 Å². The lowest BCUT2D eigenvalue weighted by molar-refractivity contribution is -0.147. The number of carbonyl (C=O) groups is 3. The molecule has 362 valence electrons.